The van der Waals surface area contributed by atoms with Crippen LogP contribution in [0.4, 0.5) is 5.69 Å². The van der Waals surface area contributed by atoms with Crippen molar-refractivity contribution in [2.75, 3.05) is 51.0 Å². The molecule has 7 heteroatoms. The van der Waals surface area contributed by atoms with E-state index in [1.807, 2.05) is 19.2 Å². The van der Waals surface area contributed by atoms with Gasteiger partial charge in [0.25, 0.3) is 0 Å². The lowest BCUT2D eigenvalue weighted by molar-refractivity contribution is 0.414. The fourth-order valence-electron chi connectivity index (χ4n) is 3.82. The Labute approximate surface area is 185 Å². The van der Waals surface area contributed by atoms with Crippen LogP contribution in [0.3, 0.4) is 0 Å². The minimum Gasteiger partial charge on any atom is -0.495 e. The number of nitrogens with zero attached hydrogens (tertiary/aromatic N) is 2. The summed E-state index contributed by atoms with van der Waals surface area (Å²) in [4.78, 5) is 6.83. The molecule has 2 unspecified atom stereocenters. The van der Waals surface area contributed by atoms with Crippen molar-refractivity contribution >= 4 is 47.4 Å². The fraction of sp³-hybridized carbons (Fsp3) is 0.650. The van der Waals surface area contributed by atoms with Gasteiger partial charge in [-0.05, 0) is 50.0 Å². The Balaban J connectivity index is 0.00000261. The molecule has 2 fully saturated rings. The van der Waals surface area contributed by atoms with E-state index in [0.29, 0.717) is 10.7 Å². The molecule has 2 atom stereocenters. The minimum absolute atomic E-state index is 0. The van der Waals surface area contributed by atoms with Crippen molar-refractivity contribution in [2.45, 2.75) is 30.9 Å². The van der Waals surface area contributed by atoms with Crippen molar-refractivity contribution in [1.29, 1.82) is 0 Å². The van der Waals surface area contributed by atoms with Crippen LogP contribution < -0.4 is 20.3 Å². The zero-order valence-corrected chi connectivity index (χ0v) is 19.8. The highest BCUT2D eigenvalue weighted by Crippen LogP contribution is 2.37. The second-order valence-electron chi connectivity index (χ2n) is 7.48. The van der Waals surface area contributed by atoms with Crippen molar-refractivity contribution in [1.82, 2.24) is 10.6 Å². The van der Waals surface area contributed by atoms with Gasteiger partial charge < -0.3 is 20.3 Å². The van der Waals surface area contributed by atoms with Crippen LogP contribution in [0.2, 0.25) is 0 Å². The van der Waals surface area contributed by atoms with Crippen LogP contribution >= 0.6 is 35.7 Å². The maximum Gasteiger partial charge on any atom is 0.191 e. The molecule has 0 spiro atoms. The second kappa shape index (κ2) is 10.6. The van der Waals surface area contributed by atoms with E-state index < -0.39 is 0 Å². The predicted octanol–water partition coefficient (Wildman–Crippen LogP) is 3.59. The maximum atomic E-state index is 5.51. The van der Waals surface area contributed by atoms with Gasteiger partial charge >= 0.3 is 0 Å². The highest BCUT2D eigenvalue weighted by Gasteiger charge is 2.29. The summed E-state index contributed by atoms with van der Waals surface area (Å²) in [6.07, 6.45) is 3.81. The molecule has 0 amide bonds. The lowest BCUT2D eigenvalue weighted by atomic mass is 10.1. The Kier molecular flexibility index (Phi) is 8.85. The second-order valence-corrected chi connectivity index (χ2v) is 9.16. The SMILES string of the molecule is CN=C(NCC1CCN(c2ccccc2OC)C1)NCC1(C)CCCS1.I. The predicted molar refractivity (Wildman–Crippen MR) is 128 cm³/mol. The summed E-state index contributed by atoms with van der Waals surface area (Å²) in [5, 5.41) is 7.05. The molecule has 2 aliphatic heterocycles. The summed E-state index contributed by atoms with van der Waals surface area (Å²) in [6.45, 7) is 6.42. The number of methoxy groups -OCH3 is 1. The number of ether oxygens (including phenoxy) is 1. The summed E-state index contributed by atoms with van der Waals surface area (Å²) >= 11 is 2.08. The number of para-hydroxylation sites is 2. The zero-order chi connectivity index (χ0) is 18.4. The van der Waals surface area contributed by atoms with Crippen molar-refractivity contribution in [3.8, 4) is 5.75 Å². The van der Waals surface area contributed by atoms with Crippen molar-refractivity contribution in [3.05, 3.63) is 24.3 Å². The quantitative estimate of drug-likeness (QED) is 0.353. The van der Waals surface area contributed by atoms with Gasteiger partial charge in [0, 0.05) is 38.0 Å². The van der Waals surface area contributed by atoms with Gasteiger partial charge in [-0.15, -0.1) is 24.0 Å². The number of halogens is 1. The van der Waals surface area contributed by atoms with E-state index in [-0.39, 0.29) is 24.0 Å². The van der Waals surface area contributed by atoms with Gasteiger partial charge in [0.2, 0.25) is 0 Å². The lowest BCUT2D eigenvalue weighted by Crippen LogP contribution is -2.45. The average Bonchev–Trinajstić information content (AvgIpc) is 3.31. The average molecular weight is 504 g/mol. The van der Waals surface area contributed by atoms with E-state index >= 15 is 0 Å². The van der Waals surface area contributed by atoms with Gasteiger partial charge in [0.1, 0.15) is 5.75 Å². The lowest BCUT2D eigenvalue weighted by Gasteiger charge is -2.25. The minimum atomic E-state index is 0. The van der Waals surface area contributed by atoms with E-state index in [9.17, 15) is 0 Å². The Bertz CT molecular complexity index is 622. The van der Waals surface area contributed by atoms with Crippen LogP contribution in [0.5, 0.6) is 5.75 Å². The smallest absolute Gasteiger partial charge is 0.191 e. The Hall–Kier alpha value is -0.830. The van der Waals surface area contributed by atoms with E-state index in [1.165, 1.54) is 30.7 Å². The van der Waals surface area contributed by atoms with Crippen LogP contribution in [0.1, 0.15) is 26.2 Å². The molecule has 2 saturated heterocycles. The molecule has 0 aromatic heterocycles. The van der Waals surface area contributed by atoms with Crippen molar-refractivity contribution in [2.24, 2.45) is 10.9 Å². The number of nitrogens with one attached hydrogen (secondary N) is 2. The van der Waals surface area contributed by atoms with Crippen LogP contribution in [0.25, 0.3) is 0 Å². The van der Waals surface area contributed by atoms with Gasteiger partial charge in [0.15, 0.2) is 5.96 Å². The topological polar surface area (TPSA) is 48.9 Å². The van der Waals surface area contributed by atoms with Gasteiger partial charge in [0.05, 0.1) is 12.8 Å². The monoisotopic (exact) mass is 504 g/mol. The Morgan fingerprint density at radius 3 is 2.89 bits per heavy atom. The standard InChI is InChI=1S/C20H32N4OS.HI/c1-20(10-6-12-26-20)15-23-19(21-2)22-13-16-9-11-24(14-16)17-7-4-5-8-18(17)25-3;/h4-5,7-8,16H,6,9-15H2,1-3H3,(H2,21,22,23);1H. The molecule has 2 heterocycles. The molecule has 5 nitrogen and oxygen atoms in total. The molecule has 1 aromatic rings. The molecule has 0 radical (unpaired) electrons. The molecule has 0 bridgehead atoms. The number of thioether (sulfide) groups is 1. The fourth-order valence-corrected chi connectivity index (χ4v) is 5.06. The van der Waals surface area contributed by atoms with Gasteiger partial charge in [-0.1, -0.05) is 12.1 Å². The van der Waals surface area contributed by atoms with Gasteiger partial charge in [-0.2, -0.15) is 11.8 Å². The highest BCUT2D eigenvalue weighted by molar-refractivity contribution is 14.0. The number of rotatable bonds is 6. The summed E-state index contributed by atoms with van der Waals surface area (Å²) in [7, 11) is 3.60. The van der Waals surface area contributed by atoms with E-state index in [0.717, 1.165) is 37.9 Å². The molecular formula is C20H33IN4OS. The molecular weight excluding hydrogens is 471 g/mol. The normalized spacial score (nSPS) is 25.2. The first kappa shape index (κ1) is 22.5. The molecule has 1 aromatic carbocycles. The van der Waals surface area contributed by atoms with Crippen molar-refractivity contribution < 1.29 is 4.74 Å². The number of hydrogen-bond acceptors (Lipinski definition) is 4. The molecule has 2 aliphatic rings. The Morgan fingerprint density at radius 1 is 1.37 bits per heavy atom. The largest absolute Gasteiger partial charge is 0.495 e. The van der Waals surface area contributed by atoms with Crippen LogP contribution in [-0.2, 0) is 0 Å². The molecule has 0 aliphatic carbocycles. The first-order chi connectivity index (χ1) is 12.6. The van der Waals surface area contributed by atoms with Crippen molar-refractivity contribution in [3.63, 3.8) is 0 Å². The van der Waals surface area contributed by atoms with E-state index in [1.54, 1.807) is 7.11 Å². The molecule has 152 valence electrons. The Morgan fingerprint density at radius 2 is 2.19 bits per heavy atom. The number of hydrogen-bond donors (Lipinski definition) is 2. The van der Waals surface area contributed by atoms with Crippen LogP contribution in [-0.4, -0.2) is 56.8 Å². The highest BCUT2D eigenvalue weighted by atomic mass is 127. The summed E-state index contributed by atoms with van der Waals surface area (Å²) in [5.74, 6) is 3.79. The molecule has 27 heavy (non-hydrogen) atoms. The number of guanidine groups is 1. The number of benzene rings is 1. The molecule has 2 N–H and O–H groups in total. The van der Waals surface area contributed by atoms with Gasteiger partial charge in [-0.25, -0.2) is 0 Å². The first-order valence-electron chi connectivity index (χ1n) is 9.60. The summed E-state index contributed by atoms with van der Waals surface area (Å²) in [5.41, 5.74) is 1.20. The third kappa shape index (κ3) is 6.07. The van der Waals surface area contributed by atoms with E-state index in [2.05, 4.69) is 51.3 Å². The zero-order valence-electron chi connectivity index (χ0n) is 16.7. The van der Waals surface area contributed by atoms with Crippen LogP contribution in [0, 0.1) is 5.92 Å². The summed E-state index contributed by atoms with van der Waals surface area (Å²) < 4.78 is 5.86. The summed E-state index contributed by atoms with van der Waals surface area (Å²) in [6, 6.07) is 8.29. The maximum absolute atomic E-state index is 5.51. The third-order valence-corrected chi connectivity index (χ3v) is 6.96. The number of anilines is 1. The third-order valence-electron chi connectivity index (χ3n) is 5.42. The first-order valence-corrected chi connectivity index (χ1v) is 10.6. The number of aliphatic imine (C=N–C) groups is 1. The van der Waals surface area contributed by atoms with Gasteiger partial charge in [-0.3, -0.25) is 4.99 Å². The van der Waals surface area contributed by atoms with E-state index in [4.69, 9.17) is 4.74 Å². The molecule has 3 rings (SSSR count). The van der Waals surface area contributed by atoms with Crippen LogP contribution in [0.15, 0.2) is 29.3 Å². The molecule has 0 saturated carbocycles.